The number of nitrogens with zero attached hydrogens (tertiary/aromatic N) is 2. The Hall–Kier alpha value is -1.93. The average Bonchev–Trinajstić information content (AvgIpc) is 2.36. The number of aromatic nitrogens is 1. The first-order valence-electron chi connectivity index (χ1n) is 5.61. The third-order valence-electron chi connectivity index (χ3n) is 2.79. The molecule has 1 heterocycles. The van der Waals surface area contributed by atoms with Gasteiger partial charge in [-0.2, -0.15) is 5.26 Å². The molecule has 19 heavy (non-hydrogen) atoms. The van der Waals surface area contributed by atoms with Gasteiger partial charge in [0.15, 0.2) is 0 Å². The van der Waals surface area contributed by atoms with Crippen LogP contribution in [0.3, 0.4) is 0 Å². The van der Waals surface area contributed by atoms with E-state index in [1.807, 2.05) is 13.8 Å². The van der Waals surface area contributed by atoms with E-state index in [9.17, 15) is 4.39 Å². The van der Waals surface area contributed by atoms with E-state index in [4.69, 9.17) is 5.26 Å². The summed E-state index contributed by atoms with van der Waals surface area (Å²) in [7, 11) is 0. The molecule has 0 aliphatic carbocycles. The number of nitrogens with one attached hydrogen (secondary N) is 1. The molecular weight excluding hydrogens is 309 g/mol. The lowest BCUT2D eigenvalue weighted by molar-refractivity contribution is 0.621. The molecule has 0 spiro atoms. The lowest BCUT2D eigenvalue weighted by Gasteiger charge is -2.11. The second-order valence-electron chi connectivity index (χ2n) is 4.17. The van der Waals surface area contributed by atoms with Gasteiger partial charge in [-0.1, -0.05) is 0 Å². The quantitative estimate of drug-likeness (QED) is 0.901. The summed E-state index contributed by atoms with van der Waals surface area (Å²) in [5.41, 5.74) is 2.75. The summed E-state index contributed by atoms with van der Waals surface area (Å²) in [6.45, 7) is 3.69. The predicted molar refractivity (Wildman–Crippen MR) is 75.8 cm³/mol. The van der Waals surface area contributed by atoms with E-state index in [-0.39, 0.29) is 5.82 Å². The molecule has 1 aromatic heterocycles. The third kappa shape index (κ3) is 2.74. The number of rotatable bonds is 2. The summed E-state index contributed by atoms with van der Waals surface area (Å²) in [4.78, 5) is 4.13. The molecule has 0 fully saturated rings. The first-order valence-corrected chi connectivity index (χ1v) is 6.40. The van der Waals surface area contributed by atoms with Crippen LogP contribution in [-0.2, 0) is 0 Å². The molecule has 1 N–H and O–H groups in total. The van der Waals surface area contributed by atoms with E-state index >= 15 is 0 Å². The largest absolute Gasteiger partial charge is 0.339 e. The number of aryl methyl sites for hydroxylation is 2. The standard InChI is InChI=1S/C14H11BrFN3/c1-8-3-4-18-14(10(8)7-17)19-13-6-12(16)11(15)5-9(13)2/h3-6H,1-2H3,(H,18,19). The van der Waals surface area contributed by atoms with Crippen molar-refractivity contribution in [3.63, 3.8) is 0 Å². The van der Waals surface area contributed by atoms with Gasteiger partial charge in [-0.05, 0) is 59.1 Å². The van der Waals surface area contributed by atoms with Crippen molar-refractivity contribution in [3.8, 4) is 6.07 Å². The van der Waals surface area contributed by atoms with Crippen LogP contribution in [0.15, 0.2) is 28.9 Å². The van der Waals surface area contributed by atoms with Crippen molar-refractivity contribution in [2.24, 2.45) is 0 Å². The fourth-order valence-electron chi connectivity index (χ4n) is 1.70. The van der Waals surface area contributed by atoms with Crippen molar-refractivity contribution in [2.45, 2.75) is 13.8 Å². The minimum atomic E-state index is -0.362. The summed E-state index contributed by atoms with van der Waals surface area (Å²) in [6, 6.07) is 6.92. The maximum atomic E-state index is 13.6. The van der Waals surface area contributed by atoms with Gasteiger partial charge in [0, 0.05) is 11.9 Å². The Labute approximate surface area is 119 Å². The van der Waals surface area contributed by atoms with Crippen molar-refractivity contribution >= 4 is 27.4 Å². The number of hydrogen-bond acceptors (Lipinski definition) is 3. The Balaban J connectivity index is 2.45. The van der Waals surface area contributed by atoms with Gasteiger partial charge < -0.3 is 5.32 Å². The van der Waals surface area contributed by atoms with E-state index in [1.54, 1.807) is 18.3 Å². The predicted octanol–water partition coefficient (Wildman–Crippen LogP) is 4.22. The maximum absolute atomic E-state index is 13.6. The van der Waals surface area contributed by atoms with E-state index in [0.717, 1.165) is 11.1 Å². The molecule has 2 aromatic rings. The summed E-state index contributed by atoms with van der Waals surface area (Å²) in [6.07, 6.45) is 1.61. The van der Waals surface area contributed by atoms with Crippen molar-refractivity contribution in [1.82, 2.24) is 4.98 Å². The highest BCUT2D eigenvalue weighted by molar-refractivity contribution is 9.10. The normalized spacial score (nSPS) is 10.1. The lowest BCUT2D eigenvalue weighted by Crippen LogP contribution is -2.00. The monoisotopic (exact) mass is 319 g/mol. The molecule has 0 bridgehead atoms. The second kappa shape index (κ2) is 5.37. The van der Waals surface area contributed by atoms with Crippen molar-refractivity contribution in [3.05, 3.63) is 51.4 Å². The highest BCUT2D eigenvalue weighted by Gasteiger charge is 2.10. The van der Waals surface area contributed by atoms with Gasteiger partial charge in [0.1, 0.15) is 17.7 Å². The summed E-state index contributed by atoms with van der Waals surface area (Å²) in [5.74, 6) is 0.0755. The van der Waals surface area contributed by atoms with Crippen LogP contribution in [0.4, 0.5) is 15.9 Å². The highest BCUT2D eigenvalue weighted by atomic mass is 79.9. The second-order valence-corrected chi connectivity index (χ2v) is 5.02. The molecule has 1 aromatic carbocycles. The Morgan fingerprint density at radius 2 is 2.05 bits per heavy atom. The van der Waals surface area contributed by atoms with Gasteiger partial charge in [0.2, 0.25) is 0 Å². The van der Waals surface area contributed by atoms with Gasteiger partial charge in [-0.25, -0.2) is 9.37 Å². The fourth-order valence-corrected chi connectivity index (χ4v) is 2.16. The summed E-state index contributed by atoms with van der Waals surface area (Å²) < 4.78 is 14.0. The van der Waals surface area contributed by atoms with Crippen LogP contribution in [0.5, 0.6) is 0 Å². The smallest absolute Gasteiger partial charge is 0.148 e. The van der Waals surface area contributed by atoms with Crippen LogP contribution >= 0.6 is 15.9 Å². The Bertz CT molecular complexity index is 677. The topological polar surface area (TPSA) is 48.7 Å². The number of pyridine rings is 1. The van der Waals surface area contributed by atoms with E-state index in [0.29, 0.717) is 21.5 Å². The SMILES string of the molecule is Cc1cc(Br)c(F)cc1Nc1nccc(C)c1C#N. The van der Waals surface area contributed by atoms with Crippen LogP contribution in [0.2, 0.25) is 0 Å². The number of nitriles is 1. The minimum absolute atomic E-state index is 0.362. The van der Waals surface area contributed by atoms with Crippen LogP contribution in [0.25, 0.3) is 0 Å². The molecule has 96 valence electrons. The van der Waals surface area contributed by atoms with E-state index in [2.05, 4.69) is 32.3 Å². The van der Waals surface area contributed by atoms with Crippen LogP contribution in [0, 0.1) is 31.0 Å². The van der Waals surface area contributed by atoms with Crippen molar-refractivity contribution in [2.75, 3.05) is 5.32 Å². The zero-order valence-corrected chi connectivity index (χ0v) is 12.0. The molecule has 0 aliphatic rings. The Morgan fingerprint density at radius 1 is 1.32 bits per heavy atom. The third-order valence-corrected chi connectivity index (χ3v) is 3.40. The molecule has 2 rings (SSSR count). The Kier molecular flexibility index (Phi) is 3.82. The maximum Gasteiger partial charge on any atom is 0.148 e. The first kappa shape index (κ1) is 13.5. The molecule has 0 radical (unpaired) electrons. The lowest BCUT2D eigenvalue weighted by atomic mass is 10.1. The fraction of sp³-hybridized carbons (Fsp3) is 0.143. The molecule has 0 saturated carbocycles. The van der Waals surface area contributed by atoms with Gasteiger partial charge in [-0.15, -0.1) is 0 Å². The molecular formula is C14H11BrFN3. The summed E-state index contributed by atoms with van der Waals surface area (Å²) in [5, 5.41) is 12.1. The molecule has 0 unspecified atom stereocenters. The van der Waals surface area contributed by atoms with Gasteiger partial charge in [-0.3, -0.25) is 0 Å². The Morgan fingerprint density at radius 3 is 2.74 bits per heavy atom. The van der Waals surface area contributed by atoms with Gasteiger partial charge in [0.05, 0.1) is 10.0 Å². The van der Waals surface area contributed by atoms with Crippen molar-refractivity contribution < 1.29 is 4.39 Å². The van der Waals surface area contributed by atoms with Crippen LogP contribution in [-0.4, -0.2) is 4.98 Å². The minimum Gasteiger partial charge on any atom is -0.339 e. The van der Waals surface area contributed by atoms with Gasteiger partial charge >= 0.3 is 0 Å². The molecule has 0 saturated heterocycles. The number of hydrogen-bond donors (Lipinski definition) is 1. The van der Waals surface area contributed by atoms with Crippen LogP contribution < -0.4 is 5.32 Å². The van der Waals surface area contributed by atoms with E-state index < -0.39 is 0 Å². The number of benzene rings is 1. The van der Waals surface area contributed by atoms with Gasteiger partial charge in [0.25, 0.3) is 0 Å². The number of anilines is 2. The molecule has 0 aliphatic heterocycles. The zero-order valence-electron chi connectivity index (χ0n) is 10.5. The van der Waals surface area contributed by atoms with Crippen molar-refractivity contribution in [1.29, 1.82) is 5.26 Å². The van der Waals surface area contributed by atoms with E-state index in [1.165, 1.54) is 6.07 Å². The summed E-state index contributed by atoms with van der Waals surface area (Å²) >= 11 is 3.13. The average molecular weight is 320 g/mol. The zero-order chi connectivity index (χ0) is 14.0. The molecule has 3 nitrogen and oxygen atoms in total. The molecule has 0 amide bonds. The highest BCUT2D eigenvalue weighted by Crippen LogP contribution is 2.27. The van der Waals surface area contributed by atoms with Crippen LogP contribution in [0.1, 0.15) is 16.7 Å². The molecule has 5 heteroatoms. The first-order chi connectivity index (χ1) is 9.02. The number of halogens is 2. The molecule has 0 atom stereocenters.